The van der Waals surface area contributed by atoms with Gasteiger partial charge in [-0.15, -0.1) is 0 Å². The van der Waals surface area contributed by atoms with Crippen LogP contribution in [0.25, 0.3) is 0 Å². The number of rotatable bonds is 6. The van der Waals surface area contributed by atoms with Gasteiger partial charge in [-0.25, -0.2) is 0 Å². The molecule has 1 amide bonds. The van der Waals surface area contributed by atoms with Gasteiger partial charge in [0.2, 0.25) is 5.91 Å². The number of likely N-dealkylation sites (N-methyl/N-ethyl adjacent to an activating group) is 1. The normalized spacial score (nSPS) is 17.7. The first-order valence-electron chi connectivity index (χ1n) is 8.89. The fourth-order valence-corrected chi connectivity index (χ4v) is 3.22. The van der Waals surface area contributed by atoms with E-state index in [0.717, 1.165) is 36.5 Å². The zero-order valence-electron chi connectivity index (χ0n) is 15.4. The average molecular weight is 354 g/mol. The Kier molecular flexibility index (Phi) is 6.20. The standard InChI is InChI=1S/C20H26N4O2/c1-23(14-16-5-7-18(26-2)8-6-16)20(25)15-24-11-10-22-13-19(24)17-4-3-9-21-12-17/h3-9,12,19,22H,10-11,13-15H2,1-2H3. The van der Waals surface area contributed by atoms with Gasteiger partial charge in [0.15, 0.2) is 0 Å². The lowest BCUT2D eigenvalue weighted by molar-refractivity contribution is -0.132. The first-order valence-corrected chi connectivity index (χ1v) is 8.89. The van der Waals surface area contributed by atoms with Gasteiger partial charge in [0.25, 0.3) is 0 Å². The number of methoxy groups -OCH3 is 1. The Balaban J connectivity index is 1.61. The van der Waals surface area contributed by atoms with Crippen molar-refractivity contribution in [3.63, 3.8) is 0 Å². The lowest BCUT2D eigenvalue weighted by atomic mass is 10.1. The third kappa shape index (κ3) is 4.59. The summed E-state index contributed by atoms with van der Waals surface area (Å²) in [5.41, 5.74) is 2.23. The number of pyridine rings is 1. The predicted octanol–water partition coefficient (Wildman–Crippen LogP) is 1.70. The summed E-state index contributed by atoms with van der Waals surface area (Å²) in [6.45, 7) is 3.58. The summed E-state index contributed by atoms with van der Waals surface area (Å²) in [6, 6.07) is 12.0. The van der Waals surface area contributed by atoms with Crippen molar-refractivity contribution >= 4 is 5.91 Å². The van der Waals surface area contributed by atoms with Crippen LogP contribution in [0.2, 0.25) is 0 Å². The molecule has 0 saturated carbocycles. The maximum atomic E-state index is 12.7. The monoisotopic (exact) mass is 354 g/mol. The van der Waals surface area contributed by atoms with Crippen LogP contribution in [0.4, 0.5) is 0 Å². The molecule has 26 heavy (non-hydrogen) atoms. The van der Waals surface area contributed by atoms with Crippen LogP contribution in [0.5, 0.6) is 5.75 Å². The predicted molar refractivity (Wildman–Crippen MR) is 101 cm³/mol. The number of nitrogens with one attached hydrogen (secondary N) is 1. The van der Waals surface area contributed by atoms with Crippen molar-refractivity contribution in [1.82, 2.24) is 20.1 Å². The molecule has 1 saturated heterocycles. The van der Waals surface area contributed by atoms with Crippen LogP contribution < -0.4 is 10.1 Å². The Morgan fingerprint density at radius 3 is 2.85 bits per heavy atom. The van der Waals surface area contributed by atoms with Crippen molar-refractivity contribution in [2.75, 3.05) is 40.3 Å². The van der Waals surface area contributed by atoms with Gasteiger partial charge in [-0.3, -0.25) is 14.7 Å². The second-order valence-corrected chi connectivity index (χ2v) is 6.57. The van der Waals surface area contributed by atoms with E-state index in [1.165, 1.54) is 0 Å². The maximum Gasteiger partial charge on any atom is 0.236 e. The summed E-state index contributed by atoms with van der Waals surface area (Å²) in [4.78, 5) is 21.0. The number of benzene rings is 1. The van der Waals surface area contributed by atoms with Crippen molar-refractivity contribution in [2.24, 2.45) is 0 Å². The molecule has 1 atom stereocenters. The molecular formula is C20H26N4O2. The molecule has 2 aromatic rings. The minimum absolute atomic E-state index is 0.122. The van der Waals surface area contributed by atoms with Crippen LogP contribution in [0.15, 0.2) is 48.8 Å². The van der Waals surface area contributed by atoms with E-state index in [-0.39, 0.29) is 11.9 Å². The van der Waals surface area contributed by atoms with Crippen LogP contribution in [0, 0.1) is 0 Å². The summed E-state index contributed by atoms with van der Waals surface area (Å²) in [6.07, 6.45) is 3.66. The number of nitrogens with zero attached hydrogens (tertiary/aromatic N) is 3. The van der Waals surface area contributed by atoms with Gasteiger partial charge in [-0.2, -0.15) is 0 Å². The Labute approximate surface area is 154 Å². The van der Waals surface area contributed by atoms with Crippen molar-refractivity contribution < 1.29 is 9.53 Å². The highest BCUT2D eigenvalue weighted by Crippen LogP contribution is 2.21. The van der Waals surface area contributed by atoms with E-state index in [9.17, 15) is 4.79 Å². The van der Waals surface area contributed by atoms with E-state index in [4.69, 9.17) is 4.74 Å². The molecule has 3 rings (SSSR count). The van der Waals surface area contributed by atoms with Crippen LogP contribution >= 0.6 is 0 Å². The number of ether oxygens (including phenoxy) is 1. The third-order valence-electron chi connectivity index (χ3n) is 4.77. The van der Waals surface area contributed by atoms with Crippen molar-refractivity contribution in [3.05, 3.63) is 59.9 Å². The molecule has 6 nitrogen and oxygen atoms in total. The second kappa shape index (κ2) is 8.78. The van der Waals surface area contributed by atoms with E-state index in [2.05, 4.69) is 21.3 Å². The molecule has 1 aromatic heterocycles. The van der Waals surface area contributed by atoms with Crippen LogP contribution in [0.1, 0.15) is 17.2 Å². The Morgan fingerprint density at radius 1 is 1.35 bits per heavy atom. The summed E-state index contributed by atoms with van der Waals surface area (Å²) in [5.74, 6) is 0.944. The second-order valence-electron chi connectivity index (χ2n) is 6.57. The van der Waals surface area contributed by atoms with Gasteiger partial charge in [0, 0.05) is 51.7 Å². The zero-order valence-corrected chi connectivity index (χ0v) is 15.4. The molecule has 6 heteroatoms. The van der Waals surface area contributed by atoms with Gasteiger partial charge in [-0.05, 0) is 29.3 Å². The van der Waals surface area contributed by atoms with Gasteiger partial charge in [-0.1, -0.05) is 18.2 Å². The highest BCUT2D eigenvalue weighted by Gasteiger charge is 2.26. The van der Waals surface area contributed by atoms with Gasteiger partial charge in [0.05, 0.1) is 13.7 Å². The lowest BCUT2D eigenvalue weighted by Gasteiger charge is -2.36. The molecule has 1 aliphatic rings. The molecule has 138 valence electrons. The highest BCUT2D eigenvalue weighted by molar-refractivity contribution is 5.78. The van der Waals surface area contributed by atoms with E-state index in [1.54, 1.807) is 18.2 Å². The molecule has 1 aliphatic heterocycles. The van der Waals surface area contributed by atoms with Gasteiger partial charge in [0.1, 0.15) is 5.75 Å². The van der Waals surface area contributed by atoms with Crippen molar-refractivity contribution in [2.45, 2.75) is 12.6 Å². The van der Waals surface area contributed by atoms with E-state index >= 15 is 0 Å². The zero-order chi connectivity index (χ0) is 18.4. The first kappa shape index (κ1) is 18.4. The Morgan fingerprint density at radius 2 is 2.15 bits per heavy atom. The molecule has 1 N–H and O–H groups in total. The van der Waals surface area contributed by atoms with Gasteiger partial charge < -0.3 is 15.0 Å². The topological polar surface area (TPSA) is 57.7 Å². The fraction of sp³-hybridized carbons (Fsp3) is 0.400. The Bertz CT molecular complexity index is 706. The number of carbonyl (C=O) groups is 1. The van der Waals surface area contributed by atoms with Gasteiger partial charge >= 0.3 is 0 Å². The molecule has 0 aliphatic carbocycles. The molecule has 0 bridgehead atoms. The first-order chi connectivity index (χ1) is 12.7. The SMILES string of the molecule is COc1ccc(CN(C)C(=O)CN2CCNCC2c2cccnc2)cc1. The van der Waals surface area contributed by atoms with E-state index in [1.807, 2.05) is 43.6 Å². The van der Waals surface area contributed by atoms with Crippen molar-refractivity contribution in [3.8, 4) is 5.75 Å². The summed E-state index contributed by atoms with van der Waals surface area (Å²) < 4.78 is 5.18. The van der Waals surface area contributed by atoms with Crippen LogP contribution in [0.3, 0.4) is 0 Å². The molecule has 1 unspecified atom stereocenters. The summed E-state index contributed by atoms with van der Waals surface area (Å²) >= 11 is 0. The molecular weight excluding hydrogens is 328 g/mol. The minimum Gasteiger partial charge on any atom is -0.497 e. The highest BCUT2D eigenvalue weighted by atomic mass is 16.5. The third-order valence-corrected chi connectivity index (χ3v) is 4.77. The number of hydrogen-bond donors (Lipinski definition) is 1. The summed E-state index contributed by atoms with van der Waals surface area (Å²) in [5, 5.41) is 3.41. The van der Waals surface area contributed by atoms with E-state index < -0.39 is 0 Å². The number of piperazine rings is 1. The number of amides is 1. The molecule has 2 heterocycles. The number of carbonyl (C=O) groups excluding carboxylic acids is 1. The minimum atomic E-state index is 0.122. The molecule has 0 radical (unpaired) electrons. The van der Waals surface area contributed by atoms with E-state index in [0.29, 0.717) is 13.1 Å². The quantitative estimate of drug-likeness (QED) is 0.856. The number of hydrogen-bond acceptors (Lipinski definition) is 5. The number of aromatic nitrogens is 1. The molecule has 1 fully saturated rings. The largest absolute Gasteiger partial charge is 0.497 e. The Hall–Kier alpha value is -2.44. The smallest absolute Gasteiger partial charge is 0.236 e. The molecule has 1 aromatic carbocycles. The average Bonchev–Trinajstić information content (AvgIpc) is 2.69. The maximum absolute atomic E-state index is 12.7. The van der Waals surface area contributed by atoms with Crippen LogP contribution in [-0.2, 0) is 11.3 Å². The van der Waals surface area contributed by atoms with Crippen LogP contribution in [-0.4, -0.2) is 61.0 Å². The lowest BCUT2D eigenvalue weighted by Crippen LogP contribution is -2.49. The molecule has 0 spiro atoms. The van der Waals surface area contributed by atoms with Crippen molar-refractivity contribution in [1.29, 1.82) is 0 Å². The summed E-state index contributed by atoms with van der Waals surface area (Å²) in [7, 11) is 3.50. The fourth-order valence-electron chi connectivity index (χ4n) is 3.22.